The van der Waals surface area contributed by atoms with Gasteiger partial charge in [0.15, 0.2) is 0 Å². The Bertz CT molecular complexity index is 1110. The molecule has 2 amide bonds. The molecule has 0 spiro atoms. The number of rotatable bonds is 2. The van der Waals surface area contributed by atoms with Crippen molar-refractivity contribution in [3.63, 3.8) is 0 Å². The summed E-state index contributed by atoms with van der Waals surface area (Å²) in [5.41, 5.74) is 1.52. The minimum Gasteiger partial charge on any atom is -0.288 e. The van der Waals surface area contributed by atoms with Gasteiger partial charge in [-0.25, -0.2) is 4.98 Å². The van der Waals surface area contributed by atoms with Gasteiger partial charge in [-0.3, -0.25) is 14.9 Å². The second-order valence-corrected chi connectivity index (χ2v) is 6.90. The summed E-state index contributed by atoms with van der Waals surface area (Å²) in [6.45, 7) is 0. The molecular weight excluding hydrogens is 389 g/mol. The summed E-state index contributed by atoms with van der Waals surface area (Å²) in [5.74, 6) is -0.978. The molecule has 2 aromatic carbocycles. The van der Waals surface area contributed by atoms with Crippen molar-refractivity contribution in [3.05, 3.63) is 76.3 Å². The van der Waals surface area contributed by atoms with Crippen LogP contribution in [0.3, 0.4) is 0 Å². The van der Waals surface area contributed by atoms with Crippen LogP contribution in [0.1, 0.15) is 27.2 Å². The predicted octanol–water partition coefficient (Wildman–Crippen LogP) is 4.64. The van der Waals surface area contributed by atoms with Crippen molar-refractivity contribution in [1.29, 1.82) is 0 Å². The molecule has 0 saturated heterocycles. The molecule has 140 valence electrons. The number of nitrogens with zero attached hydrogens (tertiary/aromatic N) is 1. The third-order valence-corrected chi connectivity index (χ3v) is 5.12. The predicted molar refractivity (Wildman–Crippen MR) is 99.3 cm³/mol. The summed E-state index contributed by atoms with van der Waals surface area (Å²) in [5, 5.41) is 4.52. The smallest absolute Gasteiger partial charge is 0.288 e. The summed E-state index contributed by atoms with van der Waals surface area (Å²) in [7, 11) is 0. The number of hydrogen-bond acceptors (Lipinski definition) is 4. The van der Waals surface area contributed by atoms with Crippen LogP contribution in [-0.4, -0.2) is 16.8 Å². The molecule has 28 heavy (non-hydrogen) atoms. The van der Waals surface area contributed by atoms with Crippen LogP contribution >= 0.6 is 11.3 Å². The number of aromatic nitrogens is 1. The Morgan fingerprint density at radius 1 is 0.929 bits per heavy atom. The maximum atomic E-state index is 12.7. The van der Waals surface area contributed by atoms with Crippen molar-refractivity contribution in [2.75, 3.05) is 0 Å². The fourth-order valence-electron chi connectivity index (χ4n) is 2.85. The van der Waals surface area contributed by atoms with Crippen LogP contribution in [0.25, 0.3) is 22.2 Å². The third-order valence-electron chi connectivity index (χ3n) is 4.21. The van der Waals surface area contributed by atoms with E-state index in [-0.39, 0.29) is 0 Å². The Hall–Kier alpha value is -3.26. The molecule has 2 heterocycles. The molecule has 8 heteroatoms. The van der Waals surface area contributed by atoms with E-state index in [9.17, 15) is 22.8 Å². The standard InChI is InChI=1S/C20H11F3N2O2S/c21-20(22,23)12-7-5-11(6-8-12)19-24-13(10-28-19)9-16-14-3-1-2-4-15(14)17(26)25-18(16)27/h1-10H,(H,25,26,27)/b16-9+. The van der Waals surface area contributed by atoms with E-state index in [1.54, 1.807) is 35.7 Å². The van der Waals surface area contributed by atoms with Crippen molar-refractivity contribution >= 4 is 34.8 Å². The zero-order valence-electron chi connectivity index (χ0n) is 14.1. The second kappa shape index (κ2) is 6.72. The molecule has 1 aliphatic rings. The van der Waals surface area contributed by atoms with Gasteiger partial charge in [-0.05, 0) is 24.3 Å². The van der Waals surface area contributed by atoms with E-state index in [1.165, 1.54) is 23.5 Å². The summed E-state index contributed by atoms with van der Waals surface area (Å²) in [4.78, 5) is 28.6. The molecule has 3 aromatic rings. The average Bonchev–Trinajstić information content (AvgIpc) is 3.13. The van der Waals surface area contributed by atoms with Crippen LogP contribution in [0, 0.1) is 0 Å². The molecular formula is C20H11F3N2O2S. The fourth-order valence-corrected chi connectivity index (χ4v) is 3.64. The number of thiazole rings is 1. The van der Waals surface area contributed by atoms with Gasteiger partial charge in [-0.1, -0.05) is 30.3 Å². The van der Waals surface area contributed by atoms with Crippen molar-refractivity contribution in [3.8, 4) is 10.6 Å². The lowest BCUT2D eigenvalue weighted by Crippen LogP contribution is -2.36. The van der Waals surface area contributed by atoms with E-state index in [0.717, 1.165) is 12.1 Å². The van der Waals surface area contributed by atoms with Crippen molar-refractivity contribution in [2.24, 2.45) is 0 Å². The van der Waals surface area contributed by atoms with Gasteiger partial charge in [0.25, 0.3) is 11.8 Å². The molecule has 0 fully saturated rings. The molecule has 4 nitrogen and oxygen atoms in total. The number of imide groups is 1. The van der Waals surface area contributed by atoms with E-state index in [0.29, 0.717) is 33.0 Å². The lowest BCUT2D eigenvalue weighted by molar-refractivity contribution is -0.137. The minimum atomic E-state index is -4.39. The van der Waals surface area contributed by atoms with E-state index < -0.39 is 23.6 Å². The van der Waals surface area contributed by atoms with Gasteiger partial charge in [0.2, 0.25) is 0 Å². The van der Waals surface area contributed by atoms with Gasteiger partial charge >= 0.3 is 6.18 Å². The molecule has 1 aromatic heterocycles. The summed E-state index contributed by atoms with van der Waals surface area (Å²) >= 11 is 1.25. The number of halogens is 3. The second-order valence-electron chi connectivity index (χ2n) is 6.04. The highest BCUT2D eigenvalue weighted by atomic mass is 32.1. The highest BCUT2D eigenvalue weighted by Gasteiger charge is 2.30. The van der Waals surface area contributed by atoms with E-state index in [4.69, 9.17) is 0 Å². The number of nitrogens with one attached hydrogen (secondary N) is 1. The van der Waals surface area contributed by atoms with Crippen molar-refractivity contribution in [2.45, 2.75) is 6.18 Å². The van der Waals surface area contributed by atoms with Crippen LogP contribution < -0.4 is 5.32 Å². The van der Waals surface area contributed by atoms with Crippen molar-refractivity contribution in [1.82, 2.24) is 10.3 Å². The zero-order chi connectivity index (χ0) is 19.9. The lowest BCUT2D eigenvalue weighted by atomic mass is 9.94. The van der Waals surface area contributed by atoms with Gasteiger partial charge in [0.05, 0.1) is 11.3 Å². The normalized spacial score (nSPS) is 15.5. The first kappa shape index (κ1) is 18.1. The molecule has 4 rings (SSSR count). The summed E-state index contributed by atoms with van der Waals surface area (Å²) in [6, 6.07) is 11.5. The minimum absolute atomic E-state index is 0.305. The van der Waals surface area contributed by atoms with E-state index >= 15 is 0 Å². The molecule has 0 atom stereocenters. The van der Waals surface area contributed by atoms with Gasteiger partial charge in [-0.15, -0.1) is 11.3 Å². The van der Waals surface area contributed by atoms with Crippen LogP contribution in [0.2, 0.25) is 0 Å². The van der Waals surface area contributed by atoms with Crippen LogP contribution in [-0.2, 0) is 11.0 Å². The number of alkyl halides is 3. The first-order valence-corrected chi connectivity index (χ1v) is 9.01. The number of carbonyl (C=O) groups excluding carboxylic acids is 2. The Morgan fingerprint density at radius 2 is 1.61 bits per heavy atom. The number of fused-ring (bicyclic) bond motifs is 1. The highest BCUT2D eigenvalue weighted by molar-refractivity contribution is 7.13. The monoisotopic (exact) mass is 400 g/mol. The van der Waals surface area contributed by atoms with Crippen LogP contribution in [0.15, 0.2) is 53.9 Å². The number of hydrogen-bond donors (Lipinski definition) is 1. The Balaban J connectivity index is 1.68. The third kappa shape index (κ3) is 3.34. The zero-order valence-corrected chi connectivity index (χ0v) is 14.9. The van der Waals surface area contributed by atoms with E-state index in [1.807, 2.05) is 0 Å². The topological polar surface area (TPSA) is 59.1 Å². The maximum absolute atomic E-state index is 12.7. The molecule has 0 aliphatic carbocycles. The molecule has 0 bridgehead atoms. The quantitative estimate of drug-likeness (QED) is 0.504. The van der Waals surface area contributed by atoms with Gasteiger partial charge < -0.3 is 0 Å². The van der Waals surface area contributed by atoms with Gasteiger partial charge in [-0.2, -0.15) is 13.2 Å². The van der Waals surface area contributed by atoms with Crippen LogP contribution in [0.4, 0.5) is 13.2 Å². The van der Waals surface area contributed by atoms with Crippen molar-refractivity contribution < 1.29 is 22.8 Å². The maximum Gasteiger partial charge on any atom is 0.416 e. The molecule has 1 aliphatic heterocycles. The van der Waals surface area contributed by atoms with Gasteiger partial charge in [0.1, 0.15) is 5.01 Å². The SMILES string of the molecule is O=C1NC(=O)c2ccccc2/C1=C\c1csc(-c2ccc(C(F)(F)F)cc2)n1. The molecule has 0 radical (unpaired) electrons. The lowest BCUT2D eigenvalue weighted by Gasteiger charge is -2.17. The molecule has 0 unspecified atom stereocenters. The number of benzene rings is 2. The molecule has 0 saturated carbocycles. The highest BCUT2D eigenvalue weighted by Crippen LogP contribution is 2.32. The molecule has 1 N–H and O–H groups in total. The van der Waals surface area contributed by atoms with Crippen LogP contribution in [0.5, 0.6) is 0 Å². The Morgan fingerprint density at radius 3 is 2.29 bits per heavy atom. The fraction of sp³-hybridized carbons (Fsp3) is 0.0500. The average molecular weight is 400 g/mol. The Labute approximate surface area is 161 Å². The van der Waals surface area contributed by atoms with E-state index in [2.05, 4.69) is 10.3 Å². The largest absolute Gasteiger partial charge is 0.416 e. The Kier molecular flexibility index (Phi) is 4.35. The van der Waals surface area contributed by atoms with Gasteiger partial charge in [0, 0.05) is 27.6 Å². The first-order valence-electron chi connectivity index (χ1n) is 8.13. The number of amides is 2. The summed E-state index contributed by atoms with van der Waals surface area (Å²) < 4.78 is 38.1. The number of carbonyl (C=O) groups is 2. The first-order chi connectivity index (χ1) is 13.3. The summed E-state index contributed by atoms with van der Waals surface area (Å²) in [6.07, 6.45) is -2.83.